The molecule has 0 spiro atoms. The fraction of sp³-hybridized carbons (Fsp3) is 0.250. The Morgan fingerprint density at radius 2 is 1.64 bits per heavy atom. The average molecular weight is 191 g/mol. The molecule has 0 fully saturated rings. The molecule has 0 unspecified atom stereocenters. The van der Waals surface area contributed by atoms with Gasteiger partial charge in [-0.05, 0) is 24.6 Å². The van der Waals surface area contributed by atoms with E-state index in [2.05, 4.69) is 0 Å². The number of methoxy groups -OCH3 is 1. The number of hydrogen-bond donors (Lipinski definition) is 0. The van der Waals surface area contributed by atoms with Crippen molar-refractivity contribution in [1.82, 2.24) is 0 Å². The number of rotatable bonds is 1. The zero-order valence-corrected chi connectivity index (χ0v) is 7.83. The van der Waals surface area contributed by atoms with Gasteiger partial charge in [0.2, 0.25) is 0 Å². The van der Waals surface area contributed by atoms with Gasteiger partial charge in [0.15, 0.2) is 0 Å². The molecule has 0 bridgehead atoms. The minimum Gasteiger partial charge on any atom is -0.497 e. The van der Waals surface area contributed by atoms with Crippen LogP contribution in [0.4, 0.5) is 0 Å². The fourth-order valence-corrected chi connectivity index (χ4v) is 1.21. The lowest BCUT2D eigenvalue weighted by molar-refractivity contribution is 0.415. The maximum atomic E-state index is 5.83. The standard InChI is InChI=1S/C8H8Cl2O/c1-5-7(9)3-6(11-2)4-8(5)10/h3-4H,1-2H3. The molecule has 0 saturated heterocycles. The molecule has 3 heteroatoms. The summed E-state index contributed by atoms with van der Waals surface area (Å²) < 4.78 is 4.96. The van der Waals surface area contributed by atoms with E-state index in [9.17, 15) is 0 Å². The predicted molar refractivity (Wildman–Crippen MR) is 47.8 cm³/mol. The van der Waals surface area contributed by atoms with Crippen LogP contribution in [0.5, 0.6) is 5.75 Å². The molecule has 0 aliphatic heterocycles. The first kappa shape index (κ1) is 8.69. The van der Waals surface area contributed by atoms with Crippen molar-refractivity contribution in [1.29, 1.82) is 0 Å². The quantitative estimate of drug-likeness (QED) is 0.661. The first-order valence-corrected chi connectivity index (χ1v) is 3.90. The van der Waals surface area contributed by atoms with Crippen molar-refractivity contribution in [2.24, 2.45) is 0 Å². The summed E-state index contributed by atoms with van der Waals surface area (Å²) in [5.41, 5.74) is 0.883. The Hall–Kier alpha value is -0.400. The second kappa shape index (κ2) is 3.33. The van der Waals surface area contributed by atoms with Gasteiger partial charge in [-0.1, -0.05) is 23.2 Å². The highest BCUT2D eigenvalue weighted by Gasteiger charge is 2.02. The second-order valence-electron chi connectivity index (χ2n) is 2.22. The van der Waals surface area contributed by atoms with Gasteiger partial charge in [-0.25, -0.2) is 0 Å². The Labute approximate surface area is 75.9 Å². The lowest BCUT2D eigenvalue weighted by atomic mass is 10.2. The SMILES string of the molecule is COc1cc(Cl)c(C)c(Cl)c1. The van der Waals surface area contributed by atoms with Crippen LogP contribution >= 0.6 is 23.2 Å². The molecule has 1 aromatic carbocycles. The highest BCUT2D eigenvalue weighted by molar-refractivity contribution is 6.36. The molecule has 0 N–H and O–H groups in total. The topological polar surface area (TPSA) is 9.23 Å². The van der Waals surface area contributed by atoms with Gasteiger partial charge in [0.1, 0.15) is 5.75 Å². The molecule has 0 atom stereocenters. The fourth-order valence-electron chi connectivity index (χ4n) is 0.740. The highest BCUT2D eigenvalue weighted by atomic mass is 35.5. The van der Waals surface area contributed by atoms with Crippen LogP contribution in [0.15, 0.2) is 12.1 Å². The van der Waals surface area contributed by atoms with Crippen LogP contribution in [0.3, 0.4) is 0 Å². The Kier molecular flexibility index (Phi) is 2.63. The van der Waals surface area contributed by atoms with Gasteiger partial charge in [-0.15, -0.1) is 0 Å². The summed E-state index contributed by atoms with van der Waals surface area (Å²) in [5, 5.41) is 1.27. The van der Waals surface area contributed by atoms with Crippen LogP contribution in [0.1, 0.15) is 5.56 Å². The molecule has 0 radical (unpaired) electrons. The van der Waals surface area contributed by atoms with Gasteiger partial charge in [-0.3, -0.25) is 0 Å². The molecule has 0 amide bonds. The highest BCUT2D eigenvalue weighted by Crippen LogP contribution is 2.28. The molecular weight excluding hydrogens is 183 g/mol. The van der Waals surface area contributed by atoms with E-state index in [0.717, 1.165) is 5.56 Å². The largest absolute Gasteiger partial charge is 0.497 e. The molecule has 0 heterocycles. The van der Waals surface area contributed by atoms with Gasteiger partial charge in [0, 0.05) is 10.0 Å². The van der Waals surface area contributed by atoms with Gasteiger partial charge in [-0.2, -0.15) is 0 Å². The third-order valence-corrected chi connectivity index (χ3v) is 2.28. The van der Waals surface area contributed by atoms with Crippen molar-refractivity contribution >= 4 is 23.2 Å². The number of ether oxygens (including phenoxy) is 1. The summed E-state index contributed by atoms with van der Waals surface area (Å²) in [6.07, 6.45) is 0. The Morgan fingerprint density at radius 3 is 2.00 bits per heavy atom. The second-order valence-corrected chi connectivity index (χ2v) is 3.03. The van der Waals surface area contributed by atoms with E-state index in [0.29, 0.717) is 15.8 Å². The molecule has 0 aliphatic rings. The monoisotopic (exact) mass is 190 g/mol. The minimum absolute atomic E-state index is 0.634. The molecule has 11 heavy (non-hydrogen) atoms. The van der Waals surface area contributed by atoms with Crippen LogP contribution in [0.2, 0.25) is 10.0 Å². The summed E-state index contributed by atoms with van der Waals surface area (Å²) in [7, 11) is 1.58. The molecular formula is C8H8Cl2O. The number of benzene rings is 1. The van der Waals surface area contributed by atoms with Gasteiger partial charge in [0.05, 0.1) is 7.11 Å². The lowest BCUT2D eigenvalue weighted by Gasteiger charge is -2.04. The third-order valence-electron chi connectivity index (χ3n) is 1.49. The minimum atomic E-state index is 0.634. The van der Waals surface area contributed by atoms with E-state index in [1.54, 1.807) is 19.2 Å². The van der Waals surface area contributed by atoms with Gasteiger partial charge < -0.3 is 4.74 Å². The lowest BCUT2D eigenvalue weighted by Crippen LogP contribution is -1.84. The van der Waals surface area contributed by atoms with E-state index in [1.807, 2.05) is 6.92 Å². The van der Waals surface area contributed by atoms with Crippen molar-refractivity contribution in [3.63, 3.8) is 0 Å². The molecule has 1 nitrogen and oxygen atoms in total. The smallest absolute Gasteiger partial charge is 0.121 e. The summed E-state index contributed by atoms with van der Waals surface area (Å²) in [5.74, 6) is 0.686. The molecule has 0 saturated carbocycles. The summed E-state index contributed by atoms with van der Waals surface area (Å²) in [6, 6.07) is 3.48. The van der Waals surface area contributed by atoms with Crippen LogP contribution < -0.4 is 4.74 Å². The van der Waals surface area contributed by atoms with Gasteiger partial charge in [0.25, 0.3) is 0 Å². The first-order chi connectivity index (χ1) is 5.15. The maximum absolute atomic E-state index is 5.83. The zero-order chi connectivity index (χ0) is 8.43. The van der Waals surface area contributed by atoms with Crippen molar-refractivity contribution < 1.29 is 4.74 Å². The van der Waals surface area contributed by atoms with Crippen molar-refractivity contribution in [3.8, 4) is 5.75 Å². The first-order valence-electron chi connectivity index (χ1n) is 3.15. The Bertz CT molecular complexity index is 248. The molecule has 1 aromatic rings. The molecule has 1 rings (SSSR count). The molecule has 0 aliphatic carbocycles. The van der Waals surface area contributed by atoms with E-state index in [1.165, 1.54) is 0 Å². The van der Waals surface area contributed by atoms with E-state index < -0.39 is 0 Å². The number of hydrogen-bond acceptors (Lipinski definition) is 1. The van der Waals surface area contributed by atoms with Crippen LogP contribution in [0, 0.1) is 6.92 Å². The zero-order valence-electron chi connectivity index (χ0n) is 6.32. The molecule has 60 valence electrons. The number of halogens is 2. The summed E-state index contributed by atoms with van der Waals surface area (Å²) in [6.45, 7) is 1.87. The maximum Gasteiger partial charge on any atom is 0.121 e. The molecule has 0 aromatic heterocycles. The van der Waals surface area contributed by atoms with Crippen LogP contribution in [-0.2, 0) is 0 Å². The van der Waals surface area contributed by atoms with Gasteiger partial charge >= 0.3 is 0 Å². The van der Waals surface area contributed by atoms with E-state index >= 15 is 0 Å². The van der Waals surface area contributed by atoms with E-state index in [-0.39, 0.29) is 0 Å². The predicted octanol–water partition coefficient (Wildman–Crippen LogP) is 3.31. The normalized spacial score (nSPS) is 9.82. The van der Waals surface area contributed by atoms with Crippen molar-refractivity contribution in [3.05, 3.63) is 27.7 Å². The van der Waals surface area contributed by atoms with Crippen molar-refractivity contribution in [2.45, 2.75) is 6.92 Å². The van der Waals surface area contributed by atoms with Crippen molar-refractivity contribution in [2.75, 3.05) is 7.11 Å². The van der Waals surface area contributed by atoms with Crippen LogP contribution in [-0.4, -0.2) is 7.11 Å². The Balaban J connectivity index is 3.21. The average Bonchev–Trinajstić information content (AvgIpc) is 1.99. The third kappa shape index (κ3) is 1.79. The van der Waals surface area contributed by atoms with E-state index in [4.69, 9.17) is 27.9 Å². The van der Waals surface area contributed by atoms with Crippen LogP contribution in [0.25, 0.3) is 0 Å². The Morgan fingerprint density at radius 1 is 1.18 bits per heavy atom. The summed E-state index contributed by atoms with van der Waals surface area (Å²) >= 11 is 11.7. The summed E-state index contributed by atoms with van der Waals surface area (Å²) in [4.78, 5) is 0.